The number of thiazole rings is 1. The average molecular weight is 493 g/mol. The van der Waals surface area contributed by atoms with E-state index in [4.69, 9.17) is 5.73 Å². The quantitative estimate of drug-likeness (QED) is 0.367. The van der Waals surface area contributed by atoms with Crippen LogP contribution < -0.4 is 16.4 Å². The molecule has 4 aromatic rings. The lowest BCUT2D eigenvalue weighted by molar-refractivity contribution is 0.496. The van der Waals surface area contributed by atoms with E-state index in [1.807, 2.05) is 30.4 Å². The van der Waals surface area contributed by atoms with Gasteiger partial charge in [-0.25, -0.2) is 23.4 Å². The fourth-order valence-corrected chi connectivity index (χ4v) is 6.37. The zero-order valence-corrected chi connectivity index (χ0v) is 19.9. The predicted molar refractivity (Wildman–Crippen MR) is 138 cm³/mol. The van der Waals surface area contributed by atoms with E-state index in [0.717, 1.165) is 40.1 Å². The van der Waals surface area contributed by atoms with E-state index in [1.54, 1.807) is 36.7 Å². The molecular formula is C24H24N6O2S2. The van der Waals surface area contributed by atoms with Crippen molar-refractivity contribution in [1.29, 1.82) is 0 Å². The summed E-state index contributed by atoms with van der Waals surface area (Å²) >= 11 is 1.47. The molecule has 0 spiro atoms. The molecule has 5 rings (SSSR count). The SMILES string of the molecule is Nc1nc2cc(C=Cc3cnc(Nc4ccc(S(=O)(=O)C5CCNCC5)cc4)nc3)ccc2s1. The molecule has 1 aliphatic rings. The van der Waals surface area contributed by atoms with E-state index in [9.17, 15) is 8.42 Å². The Balaban J connectivity index is 1.23. The minimum atomic E-state index is -3.31. The third kappa shape index (κ3) is 4.93. The summed E-state index contributed by atoms with van der Waals surface area (Å²) in [5.74, 6) is 0.436. The fraction of sp³-hybridized carbons (Fsp3) is 0.208. The van der Waals surface area contributed by atoms with Gasteiger partial charge in [0.25, 0.3) is 0 Å². The van der Waals surface area contributed by atoms with Crippen molar-refractivity contribution in [2.24, 2.45) is 0 Å². The Morgan fingerprint density at radius 2 is 1.71 bits per heavy atom. The number of hydrogen-bond donors (Lipinski definition) is 3. The highest BCUT2D eigenvalue weighted by Gasteiger charge is 2.28. The molecule has 0 aliphatic carbocycles. The number of nitrogens with two attached hydrogens (primary N) is 1. The average Bonchev–Trinajstić information content (AvgIpc) is 3.24. The van der Waals surface area contributed by atoms with Gasteiger partial charge in [0.05, 0.1) is 20.4 Å². The van der Waals surface area contributed by atoms with Crippen molar-refractivity contribution in [2.45, 2.75) is 23.0 Å². The summed E-state index contributed by atoms with van der Waals surface area (Å²) in [5.41, 5.74) is 9.25. The minimum Gasteiger partial charge on any atom is -0.375 e. The number of sulfone groups is 1. The Hall–Kier alpha value is -3.34. The molecule has 34 heavy (non-hydrogen) atoms. The van der Waals surface area contributed by atoms with Crippen LogP contribution in [0.1, 0.15) is 24.0 Å². The summed E-state index contributed by atoms with van der Waals surface area (Å²) in [6, 6.07) is 12.8. The number of aromatic nitrogens is 3. The van der Waals surface area contributed by atoms with Gasteiger partial charge in [0, 0.05) is 23.6 Å². The summed E-state index contributed by atoms with van der Waals surface area (Å²) in [7, 11) is -3.31. The second-order valence-electron chi connectivity index (χ2n) is 8.10. The van der Waals surface area contributed by atoms with Gasteiger partial charge in [0.1, 0.15) is 0 Å². The highest BCUT2D eigenvalue weighted by Crippen LogP contribution is 2.26. The van der Waals surface area contributed by atoms with E-state index < -0.39 is 9.84 Å². The van der Waals surface area contributed by atoms with Crippen LogP contribution in [0.4, 0.5) is 16.8 Å². The van der Waals surface area contributed by atoms with Gasteiger partial charge in [-0.05, 0) is 67.9 Å². The Labute approximate surface area is 201 Å². The van der Waals surface area contributed by atoms with Crippen molar-refractivity contribution in [2.75, 3.05) is 24.1 Å². The molecule has 0 atom stereocenters. The molecule has 1 fully saturated rings. The van der Waals surface area contributed by atoms with Gasteiger partial charge in [0.2, 0.25) is 5.95 Å². The number of nitrogen functional groups attached to an aromatic ring is 1. The van der Waals surface area contributed by atoms with Crippen molar-refractivity contribution in [3.05, 3.63) is 66.0 Å². The van der Waals surface area contributed by atoms with Crippen LogP contribution in [0.2, 0.25) is 0 Å². The summed E-state index contributed by atoms with van der Waals surface area (Å²) in [5, 5.41) is 6.56. The van der Waals surface area contributed by atoms with Gasteiger partial charge in [-0.15, -0.1) is 0 Å². The smallest absolute Gasteiger partial charge is 0.227 e. The van der Waals surface area contributed by atoms with Gasteiger partial charge < -0.3 is 16.4 Å². The van der Waals surface area contributed by atoms with Crippen LogP contribution in [-0.2, 0) is 9.84 Å². The molecule has 10 heteroatoms. The van der Waals surface area contributed by atoms with E-state index >= 15 is 0 Å². The summed E-state index contributed by atoms with van der Waals surface area (Å²) < 4.78 is 26.7. The number of benzene rings is 2. The maximum Gasteiger partial charge on any atom is 0.227 e. The number of fused-ring (bicyclic) bond motifs is 1. The monoisotopic (exact) mass is 492 g/mol. The van der Waals surface area contributed by atoms with E-state index in [0.29, 0.717) is 28.8 Å². The number of anilines is 3. The van der Waals surface area contributed by atoms with Crippen molar-refractivity contribution >= 4 is 60.3 Å². The molecule has 0 radical (unpaired) electrons. The zero-order valence-electron chi connectivity index (χ0n) is 18.3. The predicted octanol–water partition coefficient (Wildman–Crippen LogP) is 4.11. The third-order valence-corrected chi connectivity index (χ3v) is 8.88. The van der Waals surface area contributed by atoms with Gasteiger partial charge in [-0.3, -0.25) is 0 Å². The van der Waals surface area contributed by atoms with Gasteiger partial charge >= 0.3 is 0 Å². The first kappa shape index (κ1) is 22.5. The molecule has 2 aromatic heterocycles. The number of rotatable bonds is 6. The molecule has 0 amide bonds. The van der Waals surface area contributed by atoms with Gasteiger partial charge in [-0.1, -0.05) is 29.6 Å². The minimum absolute atomic E-state index is 0.321. The lowest BCUT2D eigenvalue weighted by Gasteiger charge is -2.22. The first-order valence-corrected chi connectivity index (χ1v) is 13.3. The van der Waals surface area contributed by atoms with Crippen LogP contribution in [-0.4, -0.2) is 41.7 Å². The molecule has 0 saturated carbocycles. The van der Waals surface area contributed by atoms with E-state index in [-0.39, 0.29) is 5.25 Å². The Morgan fingerprint density at radius 3 is 2.44 bits per heavy atom. The van der Waals surface area contributed by atoms with Crippen LogP contribution in [0.5, 0.6) is 0 Å². The first-order chi connectivity index (χ1) is 16.5. The van der Waals surface area contributed by atoms with Crippen LogP contribution >= 0.6 is 11.3 Å². The number of hydrogen-bond acceptors (Lipinski definition) is 9. The second kappa shape index (κ2) is 9.49. The van der Waals surface area contributed by atoms with E-state index in [1.165, 1.54) is 11.3 Å². The molecular weight excluding hydrogens is 468 g/mol. The van der Waals surface area contributed by atoms with Crippen LogP contribution in [0, 0.1) is 0 Å². The summed E-state index contributed by atoms with van der Waals surface area (Å²) in [4.78, 5) is 13.4. The molecule has 0 bridgehead atoms. The zero-order chi connectivity index (χ0) is 23.5. The Kier molecular flexibility index (Phi) is 6.27. The van der Waals surface area contributed by atoms with Crippen molar-refractivity contribution in [1.82, 2.24) is 20.3 Å². The largest absolute Gasteiger partial charge is 0.375 e. The highest BCUT2D eigenvalue weighted by molar-refractivity contribution is 7.92. The number of nitrogens with one attached hydrogen (secondary N) is 2. The normalized spacial score (nSPS) is 15.2. The topological polar surface area (TPSA) is 123 Å². The van der Waals surface area contributed by atoms with Crippen molar-refractivity contribution < 1.29 is 8.42 Å². The molecule has 174 valence electrons. The molecule has 0 unspecified atom stereocenters. The molecule has 1 saturated heterocycles. The number of piperidine rings is 1. The first-order valence-electron chi connectivity index (χ1n) is 11.0. The number of nitrogens with zero attached hydrogens (tertiary/aromatic N) is 3. The molecule has 4 N–H and O–H groups in total. The standard InChI is InChI=1S/C24H24N6O2S2/c25-23-30-21-13-16(3-8-22(21)33-23)1-2-17-14-27-24(28-15-17)29-18-4-6-19(7-5-18)34(31,32)20-9-11-26-12-10-20/h1-8,13-15,20,26H,9-12H2,(H2,25,30)(H,27,28,29). The lowest BCUT2D eigenvalue weighted by atomic mass is 10.2. The summed E-state index contributed by atoms with van der Waals surface area (Å²) in [6.45, 7) is 1.48. The second-order valence-corrected chi connectivity index (χ2v) is 11.4. The molecule has 3 heterocycles. The Bertz CT molecular complexity index is 1420. The summed E-state index contributed by atoms with van der Waals surface area (Å²) in [6.07, 6.45) is 8.64. The molecule has 1 aliphatic heterocycles. The highest BCUT2D eigenvalue weighted by atomic mass is 32.2. The van der Waals surface area contributed by atoms with E-state index in [2.05, 4.69) is 25.6 Å². The Morgan fingerprint density at radius 1 is 1.00 bits per heavy atom. The van der Waals surface area contributed by atoms with Crippen molar-refractivity contribution in [3.63, 3.8) is 0 Å². The maximum absolute atomic E-state index is 12.8. The van der Waals surface area contributed by atoms with Crippen LogP contribution in [0.15, 0.2) is 59.8 Å². The molecule has 2 aromatic carbocycles. The van der Waals surface area contributed by atoms with Gasteiger partial charge in [-0.2, -0.15) is 0 Å². The van der Waals surface area contributed by atoms with Crippen LogP contribution in [0.3, 0.4) is 0 Å². The lowest BCUT2D eigenvalue weighted by Crippen LogP contribution is -2.35. The maximum atomic E-state index is 12.8. The third-order valence-electron chi connectivity index (χ3n) is 5.73. The molecule has 8 nitrogen and oxygen atoms in total. The fourth-order valence-electron chi connectivity index (χ4n) is 3.90. The van der Waals surface area contributed by atoms with Crippen LogP contribution in [0.25, 0.3) is 22.4 Å². The van der Waals surface area contributed by atoms with Crippen molar-refractivity contribution in [3.8, 4) is 0 Å². The van der Waals surface area contributed by atoms with Gasteiger partial charge in [0.15, 0.2) is 15.0 Å².